The second-order valence-corrected chi connectivity index (χ2v) is 9.14. The van der Waals surface area contributed by atoms with Gasteiger partial charge in [0.15, 0.2) is 0 Å². The summed E-state index contributed by atoms with van der Waals surface area (Å²) in [5.74, 6) is 0.141. The summed E-state index contributed by atoms with van der Waals surface area (Å²) in [6.07, 6.45) is 0. The van der Waals surface area contributed by atoms with Crippen LogP contribution in [0.4, 0.5) is 0 Å². The molecule has 0 bridgehead atoms. The summed E-state index contributed by atoms with van der Waals surface area (Å²) < 4.78 is 1.93. The highest BCUT2D eigenvalue weighted by atomic mass is 79.9. The van der Waals surface area contributed by atoms with Crippen molar-refractivity contribution in [3.05, 3.63) is 41.6 Å². The van der Waals surface area contributed by atoms with Crippen LogP contribution in [-0.4, -0.2) is 41.9 Å². The van der Waals surface area contributed by atoms with Crippen molar-refractivity contribution >= 4 is 60.4 Å². The van der Waals surface area contributed by atoms with Gasteiger partial charge in [0.05, 0.1) is 8.66 Å². The van der Waals surface area contributed by atoms with E-state index in [4.69, 9.17) is 0 Å². The molecule has 2 aromatic heterocycles. The number of thiophene rings is 2. The number of hydrogen-bond acceptors (Lipinski definition) is 4. The first-order valence-corrected chi connectivity index (χ1v) is 9.90. The third-order valence-corrected chi connectivity index (χ3v) is 7.58. The molecule has 112 valence electrons. The second kappa shape index (κ2) is 6.91. The van der Waals surface area contributed by atoms with E-state index in [0.717, 1.165) is 45.9 Å². The molecule has 2 aromatic rings. The van der Waals surface area contributed by atoms with Crippen molar-refractivity contribution in [2.75, 3.05) is 26.2 Å². The van der Waals surface area contributed by atoms with Gasteiger partial charge in [0, 0.05) is 42.1 Å². The first-order valence-electron chi connectivity index (χ1n) is 6.62. The van der Waals surface area contributed by atoms with Crippen LogP contribution in [0.3, 0.4) is 0 Å². The summed E-state index contributed by atoms with van der Waals surface area (Å²) in [5, 5.41) is 2.11. The van der Waals surface area contributed by atoms with Gasteiger partial charge >= 0.3 is 0 Å². The van der Waals surface area contributed by atoms with Crippen molar-refractivity contribution in [2.45, 2.75) is 6.54 Å². The molecule has 3 rings (SSSR count). The van der Waals surface area contributed by atoms with Crippen LogP contribution in [0.1, 0.15) is 14.5 Å². The number of amides is 1. The molecule has 7 heteroatoms. The maximum absolute atomic E-state index is 12.5. The molecular formula is C14H14Br2N2OS2. The fraction of sp³-hybridized carbons (Fsp3) is 0.357. The van der Waals surface area contributed by atoms with Crippen molar-refractivity contribution in [3.8, 4) is 0 Å². The molecule has 1 fully saturated rings. The van der Waals surface area contributed by atoms with Gasteiger partial charge in [-0.3, -0.25) is 9.69 Å². The van der Waals surface area contributed by atoms with Gasteiger partial charge in [-0.2, -0.15) is 0 Å². The Labute approximate surface area is 148 Å². The first-order chi connectivity index (χ1) is 10.1. The number of piperazine rings is 1. The minimum Gasteiger partial charge on any atom is -0.335 e. The van der Waals surface area contributed by atoms with Gasteiger partial charge in [0.1, 0.15) is 0 Å². The number of nitrogens with zero attached hydrogens (tertiary/aromatic N) is 2. The summed E-state index contributed by atoms with van der Waals surface area (Å²) >= 11 is 10.2. The van der Waals surface area contributed by atoms with Gasteiger partial charge in [-0.05, 0) is 49.4 Å². The van der Waals surface area contributed by atoms with E-state index in [0.29, 0.717) is 0 Å². The molecule has 1 saturated heterocycles. The van der Waals surface area contributed by atoms with Crippen molar-refractivity contribution in [1.82, 2.24) is 9.80 Å². The zero-order valence-corrected chi connectivity index (χ0v) is 16.0. The predicted molar refractivity (Wildman–Crippen MR) is 95.2 cm³/mol. The lowest BCUT2D eigenvalue weighted by molar-refractivity contribution is 0.0634. The Balaban J connectivity index is 1.56. The molecule has 0 atom stereocenters. The predicted octanol–water partition coefficient (Wildman–Crippen LogP) is 4.29. The van der Waals surface area contributed by atoms with Gasteiger partial charge in [-0.15, -0.1) is 22.7 Å². The molecule has 3 heterocycles. The maximum atomic E-state index is 12.5. The largest absolute Gasteiger partial charge is 0.335 e. The third kappa shape index (κ3) is 3.76. The van der Waals surface area contributed by atoms with Crippen LogP contribution in [0.5, 0.6) is 0 Å². The van der Waals surface area contributed by atoms with E-state index in [-0.39, 0.29) is 5.91 Å². The smallest absolute Gasteiger partial charge is 0.264 e. The van der Waals surface area contributed by atoms with E-state index in [1.807, 2.05) is 11.0 Å². The summed E-state index contributed by atoms with van der Waals surface area (Å²) in [7, 11) is 0. The van der Waals surface area contributed by atoms with Crippen LogP contribution in [-0.2, 0) is 6.54 Å². The molecule has 0 N–H and O–H groups in total. The number of rotatable bonds is 3. The van der Waals surface area contributed by atoms with Crippen LogP contribution < -0.4 is 0 Å². The Hall–Kier alpha value is -0.210. The van der Waals surface area contributed by atoms with Crippen LogP contribution in [0.25, 0.3) is 0 Å². The SMILES string of the molecule is O=C(c1cc(Br)c(Br)s1)N1CCN(Cc2cccs2)CC1. The van der Waals surface area contributed by atoms with Crippen LogP contribution >= 0.6 is 54.5 Å². The van der Waals surface area contributed by atoms with Crippen molar-refractivity contribution < 1.29 is 4.79 Å². The molecule has 0 aromatic carbocycles. The lowest BCUT2D eigenvalue weighted by atomic mass is 10.3. The highest BCUT2D eigenvalue weighted by Gasteiger charge is 2.24. The monoisotopic (exact) mass is 448 g/mol. The summed E-state index contributed by atoms with van der Waals surface area (Å²) in [6.45, 7) is 4.49. The Morgan fingerprint density at radius 1 is 1.24 bits per heavy atom. The maximum Gasteiger partial charge on any atom is 0.264 e. The van der Waals surface area contributed by atoms with E-state index in [1.54, 1.807) is 11.3 Å². The zero-order chi connectivity index (χ0) is 14.8. The first kappa shape index (κ1) is 15.7. The van der Waals surface area contributed by atoms with Crippen molar-refractivity contribution in [1.29, 1.82) is 0 Å². The molecule has 0 saturated carbocycles. The summed E-state index contributed by atoms with van der Waals surface area (Å²) in [5.41, 5.74) is 0. The number of halogens is 2. The number of hydrogen-bond donors (Lipinski definition) is 0. The highest BCUT2D eigenvalue weighted by Crippen LogP contribution is 2.33. The number of carbonyl (C=O) groups excluding carboxylic acids is 1. The van der Waals surface area contributed by atoms with E-state index < -0.39 is 0 Å². The average molecular weight is 450 g/mol. The van der Waals surface area contributed by atoms with Gasteiger partial charge in [-0.25, -0.2) is 0 Å². The van der Waals surface area contributed by atoms with Crippen molar-refractivity contribution in [3.63, 3.8) is 0 Å². The minimum atomic E-state index is 0.141. The lowest BCUT2D eigenvalue weighted by Crippen LogP contribution is -2.48. The van der Waals surface area contributed by atoms with E-state index >= 15 is 0 Å². The normalized spacial score (nSPS) is 16.4. The fourth-order valence-corrected chi connectivity index (χ4v) is 5.09. The Morgan fingerprint density at radius 3 is 2.57 bits per heavy atom. The molecule has 1 aliphatic heterocycles. The number of carbonyl (C=O) groups is 1. The van der Waals surface area contributed by atoms with E-state index in [2.05, 4.69) is 54.3 Å². The molecule has 0 radical (unpaired) electrons. The Morgan fingerprint density at radius 2 is 2.00 bits per heavy atom. The molecule has 0 aliphatic carbocycles. The standard InChI is InChI=1S/C14H14Br2N2OS2/c15-11-8-12(21-13(11)16)14(19)18-5-3-17(4-6-18)9-10-2-1-7-20-10/h1-2,7-8H,3-6,9H2. The Bertz CT molecular complexity index is 599. The molecule has 3 nitrogen and oxygen atoms in total. The van der Waals surface area contributed by atoms with Gasteiger partial charge in [-0.1, -0.05) is 6.07 Å². The minimum absolute atomic E-state index is 0.141. The van der Waals surface area contributed by atoms with Crippen molar-refractivity contribution in [2.24, 2.45) is 0 Å². The lowest BCUT2D eigenvalue weighted by Gasteiger charge is -2.34. The molecular weight excluding hydrogens is 436 g/mol. The van der Waals surface area contributed by atoms with E-state index in [9.17, 15) is 4.79 Å². The van der Waals surface area contributed by atoms with Gasteiger partial charge in [0.25, 0.3) is 5.91 Å². The Kier molecular flexibility index (Phi) is 5.16. The molecule has 0 spiro atoms. The topological polar surface area (TPSA) is 23.6 Å². The fourth-order valence-electron chi connectivity index (χ4n) is 2.34. The molecule has 21 heavy (non-hydrogen) atoms. The van der Waals surface area contributed by atoms with Crippen LogP contribution in [0.15, 0.2) is 31.8 Å². The van der Waals surface area contributed by atoms with Crippen LogP contribution in [0.2, 0.25) is 0 Å². The quantitative estimate of drug-likeness (QED) is 0.697. The molecule has 1 aliphatic rings. The van der Waals surface area contributed by atoms with Crippen LogP contribution in [0, 0.1) is 0 Å². The third-order valence-electron chi connectivity index (χ3n) is 3.47. The van der Waals surface area contributed by atoms with E-state index in [1.165, 1.54) is 16.2 Å². The van der Waals surface area contributed by atoms with Gasteiger partial charge < -0.3 is 4.90 Å². The second-order valence-electron chi connectivity index (χ2n) is 4.88. The highest BCUT2D eigenvalue weighted by molar-refractivity contribution is 9.13. The summed E-state index contributed by atoms with van der Waals surface area (Å²) in [4.78, 5) is 19.0. The molecule has 0 unspecified atom stereocenters. The molecule has 1 amide bonds. The summed E-state index contributed by atoms with van der Waals surface area (Å²) in [6, 6.07) is 6.16. The zero-order valence-electron chi connectivity index (χ0n) is 11.2. The van der Waals surface area contributed by atoms with Gasteiger partial charge in [0.2, 0.25) is 0 Å². The average Bonchev–Trinajstić information content (AvgIpc) is 3.10.